The standard InChI is InChI=1S/C16H17ClN2O/c1-11-7-8-15(14(17)9-11)19-16(20)13(10-18)12-5-3-2-4-6-12/h2-9,13H,10,18H2,1H3,(H,19,20). The monoisotopic (exact) mass is 288 g/mol. The molecule has 4 heteroatoms. The second-order valence-electron chi connectivity index (χ2n) is 4.67. The summed E-state index contributed by atoms with van der Waals surface area (Å²) in [5, 5.41) is 3.37. The van der Waals surface area contributed by atoms with Crippen LogP contribution in [-0.2, 0) is 4.79 Å². The van der Waals surface area contributed by atoms with Crippen molar-refractivity contribution in [3.8, 4) is 0 Å². The van der Waals surface area contributed by atoms with Crippen LogP contribution < -0.4 is 11.1 Å². The summed E-state index contributed by atoms with van der Waals surface area (Å²) in [6.07, 6.45) is 0. The second-order valence-corrected chi connectivity index (χ2v) is 5.08. The first-order valence-electron chi connectivity index (χ1n) is 6.44. The topological polar surface area (TPSA) is 55.1 Å². The summed E-state index contributed by atoms with van der Waals surface area (Å²) < 4.78 is 0. The molecule has 0 saturated heterocycles. The first kappa shape index (κ1) is 14.6. The van der Waals surface area contributed by atoms with E-state index in [4.69, 9.17) is 17.3 Å². The quantitative estimate of drug-likeness (QED) is 0.907. The Morgan fingerprint density at radius 1 is 1.25 bits per heavy atom. The van der Waals surface area contributed by atoms with Crippen molar-refractivity contribution in [2.45, 2.75) is 12.8 Å². The van der Waals surface area contributed by atoms with Crippen molar-refractivity contribution in [2.75, 3.05) is 11.9 Å². The average Bonchev–Trinajstić information content (AvgIpc) is 2.44. The van der Waals surface area contributed by atoms with Crippen molar-refractivity contribution >= 4 is 23.2 Å². The van der Waals surface area contributed by atoms with Gasteiger partial charge < -0.3 is 11.1 Å². The fourth-order valence-electron chi connectivity index (χ4n) is 2.02. The number of halogens is 1. The molecule has 104 valence electrons. The molecule has 0 saturated carbocycles. The molecule has 0 fully saturated rings. The van der Waals surface area contributed by atoms with Gasteiger partial charge in [-0.1, -0.05) is 48.0 Å². The third-order valence-electron chi connectivity index (χ3n) is 3.14. The number of nitrogens with two attached hydrogens (primary N) is 1. The van der Waals surface area contributed by atoms with E-state index in [9.17, 15) is 4.79 Å². The van der Waals surface area contributed by atoms with Crippen LogP contribution in [0, 0.1) is 6.92 Å². The Hall–Kier alpha value is -1.84. The number of rotatable bonds is 4. The van der Waals surface area contributed by atoms with E-state index < -0.39 is 0 Å². The highest BCUT2D eigenvalue weighted by Crippen LogP contribution is 2.24. The molecule has 0 aromatic heterocycles. The van der Waals surface area contributed by atoms with Gasteiger partial charge in [-0.3, -0.25) is 4.79 Å². The van der Waals surface area contributed by atoms with E-state index >= 15 is 0 Å². The van der Waals surface area contributed by atoms with Gasteiger partial charge in [-0.15, -0.1) is 0 Å². The number of carbonyl (C=O) groups excluding carboxylic acids is 1. The van der Waals surface area contributed by atoms with Gasteiger partial charge in [0.05, 0.1) is 16.6 Å². The first-order valence-corrected chi connectivity index (χ1v) is 6.81. The molecule has 3 nitrogen and oxygen atoms in total. The zero-order valence-electron chi connectivity index (χ0n) is 11.3. The molecule has 20 heavy (non-hydrogen) atoms. The van der Waals surface area contributed by atoms with Crippen molar-refractivity contribution in [1.29, 1.82) is 0 Å². The van der Waals surface area contributed by atoms with Crippen LogP contribution in [0.2, 0.25) is 5.02 Å². The highest BCUT2D eigenvalue weighted by Gasteiger charge is 2.19. The Morgan fingerprint density at radius 2 is 1.95 bits per heavy atom. The van der Waals surface area contributed by atoms with Gasteiger partial charge in [0.1, 0.15) is 0 Å². The number of carbonyl (C=O) groups is 1. The SMILES string of the molecule is Cc1ccc(NC(=O)C(CN)c2ccccc2)c(Cl)c1. The number of nitrogens with one attached hydrogen (secondary N) is 1. The van der Waals surface area contributed by atoms with Crippen LogP contribution in [0.1, 0.15) is 17.0 Å². The number of hydrogen-bond donors (Lipinski definition) is 2. The molecule has 2 rings (SSSR count). The minimum absolute atomic E-state index is 0.149. The molecule has 0 spiro atoms. The van der Waals surface area contributed by atoms with Crippen LogP contribution in [-0.4, -0.2) is 12.5 Å². The molecule has 0 radical (unpaired) electrons. The van der Waals surface area contributed by atoms with E-state index in [0.29, 0.717) is 10.7 Å². The maximum Gasteiger partial charge on any atom is 0.233 e. The van der Waals surface area contributed by atoms with E-state index in [2.05, 4.69) is 5.32 Å². The predicted molar refractivity (Wildman–Crippen MR) is 83.1 cm³/mol. The highest BCUT2D eigenvalue weighted by molar-refractivity contribution is 6.33. The average molecular weight is 289 g/mol. The molecule has 1 amide bonds. The number of amides is 1. The zero-order chi connectivity index (χ0) is 14.5. The number of benzene rings is 2. The van der Waals surface area contributed by atoms with Crippen molar-refractivity contribution in [1.82, 2.24) is 0 Å². The van der Waals surface area contributed by atoms with Gasteiger partial charge >= 0.3 is 0 Å². The van der Waals surface area contributed by atoms with E-state index in [1.807, 2.05) is 49.4 Å². The lowest BCUT2D eigenvalue weighted by molar-refractivity contribution is -0.117. The Labute approximate surface area is 123 Å². The summed E-state index contributed by atoms with van der Waals surface area (Å²) in [5.41, 5.74) is 8.28. The minimum atomic E-state index is -0.381. The van der Waals surface area contributed by atoms with Crippen molar-refractivity contribution in [3.05, 3.63) is 64.7 Å². The smallest absolute Gasteiger partial charge is 0.233 e. The van der Waals surface area contributed by atoms with E-state index in [1.54, 1.807) is 6.07 Å². The summed E-state index contributed by atoms with van der Waals surface area (Å²) in [4.78, 5) is 12.3. The van der Waals surface area contributed by atoms with Crippen molar-refractivity contribution in [3.63, 3.8) is 0 Å². The molecule has 3 N–H and O–H groups in total. The number of aryl methyl sites for hydroxylation is 1. The van der Waals surface area contributed by atoms with Gasteiger partial charge in [0, 0.05) is 6.54 Å². The predicted octanol–water partition coefficient (Wildman–Crippen LogP) is 3.33. The van der Waals surface area contributed by atoms with Gasteiger partial charge in [0.2, 0.25) is 5.91 Å². The molecule has 1 atom stereocenters. The Morgan fingerprint density at radius 3 is 2.55 bits per heavy atom. The van der Waals surface area contributed by atoms with Crippen molar-refractivity contribution in [2.24, 2.45) is 5.73 Å². The molecule has 2 aromatic rings. The maximum atomic E-state index is 12.3. The number of hydrogen-bond acceptors (Lipinski definition) is 2. The van der Waals surface area contributed by atoms with E-state index in [-0.39, 0.29) is 18.4 Å². The van der Waals surface area contributed by atoms with Crippen LogP contribution in [0.5, 0.6) is 0 Å². The molecule has 0 bridgehead atoms. The minimum Gasteiger partial charge on any atom is -0.329 e. The molecule has 0 heterocycles. The third-order valence-corrected chi connectivity index (χ3v) is 3.45. The Balaban J connectivity index is 2.18. The third kappa shape index (κ3) is 3.38. The van der Waals surface area contributed by atoms with Crippen LogP contribution >= 0.6 is 11.6 Å². The fourth-order valence-corrected chi connectivity index (χ4v) is 2.30. The lowest BCUT2D eigenvalue weighted by Gasteiger charge is -2.16. The molecule has 0 aliphatic rings. The summed E-state index contributed by atoms with van der Waals surface area (Å²) in [5.74, 6) is -0.530. The van der Waals surface area contributed by atoms with Gasteiger partial charge in [0.25, 0.3) is 0 Å². The molecule has 2 aromatic carbocycles. The van der Waals surface area contributed by atoms with Gasteiger partial charge in [-0.2, -0.15) is 0 Å². The lowest BCUT2D eigenvalue weighted by Crippen LogP contribution is -2.27. The van der Waals surface area contributed by atoms with E-state index in [0.717, 1.165) is 11.1 Å². The summed E-state index contributed by atoms with van der Waals surface area (Å²) in [7, 11) is 0. The largest absolute Gasteiger partial charge is 0.329 e. The summed E-state index contributed by atoms with van der Waals surface area (Å²) in [6.45, 7) is 2.20. The van der Waals surface area contributed by atoms with Gasteiger partial charge in [-0.25, -0.2) is 0 Å². The normalized spacial score (nSPS) is 11.9. The van der Waals surface area contributed by atoms with E-state index in [1.165, 1.54) is 0 Å². The van der Waals surface area contributed by atoms with Crippen molar-refractivity contribution < 1.29 is 4.79 Å². The molecule has 0 aliphatic carbocycles. The van der Waals surface area contributed by atoms with Crippen LogP contribution in [0.15, 0.2) is 48.5 Å². The first-order chi connectivity index (χ1) is 9.61. The van der Waals surface area contributed by atoms with Gasteiger partial charge in [-0.05, 0) is 30.2 Å². The maximum absolute atomic E-state index is 12.3. The number of anilines is 1. The Kier molecular flexibility index (Phi) is 4.77. The Bertz CT molecular complexity index is 599. The zero-order valence-corrected chi connectivity index (χ0v) is 12.0. The van der Waals surface area contributed by atoms with Crippen LogP contribution in [0.25, 0.3) is 0 Å². The molecular weight excluding hydrogens is 272 g/mol. The second kappa shape index (κ2) is 6.55. The molecule has 0 aliphatic heterocycles. The van der Waals surface area contributed by atoms with Gasteiger partial charge in [0.15, 0.2) is 0 Å². The van der Waals surface area contributed by atoms with Crippen LogP contribution in [0.3, 0.4) is 0 Å². The summed E-state index contributed by atoms with van der Waals surface area (Å²) in [6, 6.07) is 15.0. The molecule has 1 unspecified atom stereocenters. The fraction of sp³-hybridized carbons (Fsp3) is 0.188. The highest BCUT2D eigenvalue weighted by atomic mass is 35.5. The molecular formula is C16H17ClN2O. The van der Waals surface area contributed by atoms with Crippen LogP contribution in [0.4, 0.5) is 5.69 Å². The summed E-state index contributed by atoms with van der Waals surface area (Å²) >= 11 is 6.12. The lowest BCUT2D eigenvalue weighted by atomic mass is 9.98.